The Balaban J connectivity index is 0.00000400. The SMILES string of the molecule is CCC(C)C(N=Cc1c(CO)cnc(C)c1O)C(=O)[O-].[K+]. The molecular formula is C14H19KN2O4. The largest absolute Gasteiger partial charge is 1.00 e. The first-order valence-corrected chi connectivity index (χ1v) is 6.44. The topological polar surface area (TPSA) is 106 Å². The van der Waals surface area contributed by atoms with Gasteiger partial charge in [0.15, 0.2) is 0 Å². The van der Waals surface area contributed by atoms with E-state index in [-0.39, 0.29) is 75.2 Å². The quantitative estimate of drug-likeness (QED) is 0.435. The molecule has 0 saturated heterocycles. The van der Waals surface area contributed by atoms with Crippen LogP contribution in [0.15, 0.2) is 11.2 Å². The van der Waals surface area contributed by atoms with Crippen molar-refractivity contribution in [2.75, 3.05) is 0 Å². The Morgan fingerprint density at radius 2 is 2.19 bits per heavy atom. The van der Waals surface area contributed by atoms with Crippen LogP contribution in [0.1, 0.15) is 37.1 Å². The number of carboxylic acids is 1. The van der Waals surface area contributed by atoms with Crippen LogP contribution >= 0.6 is 0 Å². The minimum absolute atomic E-state index is 0. The van der Waals surface area contributed by atoms with E-state index in [0.29, 0.717) is 17.7 Å². The Morgan fingerprint density at radius 1 is 1.57 bits per heavy atom. The van der Waals surface area contributed by atoms with Crippen LogP contribution in [-0.2, 0) is 11.4 Å². The van der Waals surface area contributed by atoms with Crippen molar-refractivity contribution in [1.29, 1.82) is 0 Å². The maximum absolute atomic E-state index is 11.1. The van der Waals surface area contributed by atoms with E-state index in [1.165, 1.54) is 12.4 Å². The summed E-state index contributed by atoms with van der Waals surface area (Å²) < 4.78 is 0. The number of aliphatic hydroxyl groups is 1. The monoisotopic (exact) mass is 318 g/mol. The van der Waals surface area contributed by atoms with Gasteiger partial charge in [0, 0.05) is 23.5 Å². The molecule has 1 rings (SSSR count). The Hall–Kier alpha value is -0.314. The zero-order valence-electron chi connectivity index (χ0n) is 12.8. The molecule has 21 heavy (non-hydrogen) atoms. The van der Waals surface area contributed by atoms with Gasteiger partial charge >= 0.3 is 51.4 Å². The first kappa shape index (κ1) is 20.7. The summed E-state index contributed by atoms with van der Waals surface area (Å²) in [4.78, 5) is 19.0. The van der Waals surface area contributed by atoms with Gasteiger partial charge in [-0.2, -0.15) is 0 Å². The molecule has 110 valence electrons. The molecule has 0 aliphatic carbocycles. The summed E-state index contributed by atoms with van der Waals surface area (Å²) in [7, 11) is 0. The van der Waals surface area contributed by atoms with Crippen LogP contribution < -0.4 is 56.5 Å². The number of carbonyl (C=O) groups is 1. The van der Waals surface area contributed by atoms with E-state index >= 15 is 0 Å². The van der Waals surface area contributed by atoms with E-state index in [0.717, 1.165) is 0 Å². The van der Waals surface area contributed by atoms with Gasteiger partial charge in [0.25, 0.3) is 0 Å². The number of aromatic nitrogens is 1. The number of hydrogen-bond acceptors (Lipinski definition) is 6. The smallest absolute Gasteiger partial charge is 0.548 e. The molecule has 2 atom stereocenters. The second-order valence-electron chi connectivity index (χ2n) is 4.72. The summed E-state index contributed by atoms with van der Waals surface area (Å²) in [6.07, 6.45) is 3.33. The molecule has 2 N–H and O–H groups in total. The van der Waals surface area contributed by atoms with Crippen molar-refractivity contribution in [3.05, 3.63) is 23.0 Å². The second kappa shape index (κ2) is 9.65. The van der Waals surface area contributed by atoms with Gasteiger partial charge in [-0.1, -0.05) is 20.3 Å². The molecule has 0 radical (unpaired) electrons. The van der Waals surface area contributed by atoms with Crippen LogP contribution in [0.3, 0.4) is 0 Å². The number of pyridine rings is 1. The summed E-state index contributed by atoms with van der Waals surface area (Å²) in [6, 6.07) is -0.987. The number of hydrogen-bond donors (Lipinski definition) is 2. The summed E-state index contributed by atoms with van der Waals surface area (Å²) in [5.41, 5.74) is 1.06. The van der Waals surface area contributed by atoms with Gasteiger partial charge in [-0.15, -0.1) is 0 Å². The molecule has 6 nitrogen and oxygen atoms in total. The van der Waals surface area contributed by atoms with Crippen LogP contribution in [0.2, 0.25) is 0 Å². The minimum Gasteiger partial charge on any atom is -0.548 e. The number of aromatic hydroxyl groups is 1. The average molecular weight is 318 g/mol. The van der Waals surface area contributed by atoms with Gasteiger partial charge in [0.1, 0.15) is 5.75 Å². The Bertz CT molecular complexity index is 520. The molecule has 0 spiro atoms. The molecule has 2 unspecified atom stereocenters. The van der Waals surface area contributed by atoms with Crippen molar-refractivity contribution < 1.29 is 71.5 Å². The van der Waals surface area contributed by atoms with Crippen molar-refractivity contribution in [3.8, 4) is 5.75 Å². The number of nitrogens with zero attached hydrogens (tertiary/aromatic N) is 2. The Labute approximate surface area is 166 Å². The molecule has 0 amide bonds. The molecule has 0 bridgehead atoms. The molecule has 0 aliphatic rings. The third kappa shape index (κ3) is 5.43. The van der Waals surface area contributed by atoms with E-state index in [9.17, 15) is 20.1 Å². The first-order chi connectivity index (χ1) is 9.42. The van der Waals surface area contributed by atoms with Crippen LogP contribution in [0.5, 0.6) is 5.75 Å². The number of aliphatic imine (C=N–C) groups is 1. The van der Waals surface area contributed by atoms with E-state index in [1.807, 2.05) is 6.92 Å². The van der Waals surface area contributed by atoms with Crippen molar-refractivity contribution >= 4 is 12.2 Å². The number of carboxylic acid groups (broad SMARTS) is 1. The molecule has 0 aromatic carbocycles. The van der Waals surface area contributed by atoms with Gasteiger partial charge in [-0.05, 0) is 12.8 Å². The summed E-state index contributed by atoms with van der Waals surface area (Å²) >= 11 is 0. The number of aliphatic carboxylic acids is 1. The van der Waals surface area contributed by atoms with Gasteiger partial charge in [-0.25, -0.2) is 0 Å². The summed E-state index contributed by atoms with van der Waals surface area (Å²) in [5, 5.41) is 30.2. The Kier molecular flexibility index (Phi) is 9.51. The molecule has 0 aliphatic heterocycles. The number of aryl methyl sites for hydroxylation is 1. The number of rotatable bonds is 6. The van der Waals surface area contributed by atoms with E-state index < -0.39 is 12.0 Å². The maximum atomic E-state index is 11.1. The van der Waals surface area contributed by atoms with Gasteiger partial charge in [0.2, 0.25) is 0 Å². The molecule has 1 aromatic rings. The molecular weight excluding hydrogens is 299 g/mol. The van der Waals surface area contributed by atoms with Crippen LogP contribution in [-0.4, -0.2) is 33.4 Å². The van der Waals surface area contributed by atoms with Crippen molar-refractivity contribution in [2.45, 2.75) is 39.8 Å². The summed E-state index contributed by atoms with van der Waals surface area (Å²) in [6.45, 7) is 4.92. The van der Waals surface area contributed by atoms with E-state index in [4.69, 9.17) is 0 Å². The molecule has 0 fully saturated rings. The van der Waals surface area contributed by atoms with Crippen molar-refractivity contribution in [3.63, 3.8) is 0 Å². The third-order valence-electron chi connectivity index (χ3n) is 3.32. The van der Waals surface area contributed by atoms with Gasteiger partial charge < -0.3 is 20.1 Å². The van der Waals surface area contributed by atoms with E-state index in [1.54, 1.807) is 13.8 Å². The van der Waals surface area contributed by atoms with Crippen LogP contribution in [0.4, 0.5) is 0 Å². The van der Waals surface area contributed by atoms with Crippen LogP contribution in [0, 0.1) is 12.8 Å². The fraction of sp³-hybridized carbons (Fsp3) is 0.500. The second-order valence-corrected chi connectivity index (χ2v) is 4.72. The molecule has 0 saturated carbocycles. The van der Waals surface area contributed by atoms with Crippen molar-refractivity contribution in [2.24, 2.45) is 10.9 Å². The first-order valence-electron chi connectivity index (χ1n) is 6.44. The van der Waals surface area contributed by atoms with Crippen molar-refractivity contribution in [1.82, 2.24) is 4.98 Å². The number of aliphatic hydroxyl groups excluding tert-OH is 1. The normalized spacial score (nSPS) is 13.7. The summed E-state index contributed by atoms with van der Waals surface area (Å²) in [5.74, 6) is -1.55. The standard InChI is InChI=1S/C14H20N2O4.K/c1-4-8(2)12(14(19)20)16-6-11-10(7-17)5-15-9(3)13(11)18;/h5-6,8,12,17-18H,4,7H2,1-3H3,(H,19,20);/q;+1/p-1. The van der Waals surface area contributed by atoms with E-state index in [2.05, 4.69) is 9.98 Å². The predicted molar refractivity (Wildman–Crippen MR) is 72.4 cm³/mol. The van der Waals surface area contributed by atoms with Gasteiger partial charge in [0.05, 0.1) is 24.3 Å². The van der Waals surface area contributed by atoms with Crippen LogP contribution in [0.25, 0.3) is 0 Å². The predicted octanol–water partition coefficient (Wildman–Crippen LogP) is -2.82. The Morgan fingerprint density at radius 3 is 2.67 bits per heavy atom. The fourth-order valence-corrected chi connectivity index (χ4v) is 1.74. The molecule has 1 aromatic heterocycles. The number of carbonyl (C=O) groups excluding carboxylic acids is 1. The zero-order valence-corrected chi connectivity index (χ0v) is 16.0. The average Bonchev–Trinajstić information content (AvgIpc) is 2.42. The zero-order chi connectivity index (χ0) is 15.3. The van der Waals surface area contributed by atoms with Gasteiger partial charge in [-0.3, -0.25) is 9.98 Å². The minimum atomic E-state index is -1.26. The third-order valence-corrected chi connectivity index (χ3v) is 3.32. The maximum Gasteiger partial charge on any atom is 1.00 e. The molecule has 7 heteroatoms. The molecule has 1 heterocycles. The fourth-order valence-electron chi connectivity index (χ4n) is 1.74.